The Morgan fingerprint density at radius 3 is 2.88 bits per heavy atom. The number of anilines is 2. The lowest BCUT2D eigenvalue weighted by molar-refractivity contribution is -0.120. The van der Waals surface area contributed by atoms with Gasteiger partial charge in [0.2, 0.25) is 5.91 Å². The molecule has 6 nitrogen and oxygen atoms in total. The van der Waals surface area contributed by atoms with Gasteiger partial charge in [0.25, 0.3) is 0 Å². The normalized spacial score (nSPS) is 24.3. The zero-order valence-electron chi connectivity index (χ0n) is 12.7. The highest BCUT2D eigenvalue weighted by molar-refractivity contribution is 6.07. The third-order valence-corrected chi connectivity index (χ3v) is 4.86. The van der Waals surface area contributed by atoms with Crippen molar-refractivity contribution >= 4 is 17.4 Å². The molecule has 1 aromatic carbocycles. The highest BCUT2D eigenvalue weighted by Gasteiger charge is 2.58. The summed E-state index contributed by atoms with van der Waals surface area (Å²) in [7, 11) is 0. The van der Waals surface area contributed by atoms with Crippen molar-refractivity contribution < 1.29 is 4.79 Å². The third-order valence-electron chi connectivity index (χ3n) is 4.86. The molecule has 1 fully saturated rings. The van der Waals surface area contributed by atoms with E-state index in [0.717, 1.165) is 11.3 Å². The first-order valence-corrected chi connectivity index (χ1v) is 7.61. The Morgan fingerprint density at radius 1 is 1.25 bits per heavy atom. The summed E-state index contributed by atoms with van der Waals surface area (Å²) >= 11 is 0. The van der Waals surface area contributed by atoms with Crippen molar-refractivity contribution in [2.45, 2.75) is 5.41 Å². The molecule has 2 aromatic rings. The number of para-hydroxylation sites is 1. The highest BCUT2D eigenvalue weighted by Crippen LogP contribution is 2.48. The molecule has 1 saturated heterocycles. The number of nitrogens with zero attached hydrogens (tertiary/aromatic N) is 4. The van der Waals surface area contributed by atoms with Gasteiger partial charge in [0.05, 0.1) is 17.6 Å². The minimum atomic E-state index is -0.921. The summed E-state index contributed by atoms with van der Waals surface area (Å²) in [6.07, 6.45) is 1.62. The number of hydrogen-bond acceptors (Lipinski definition) is 5. The van der Waals surface area contributed by atoms with Crippen molar-refractivity contribution in [3.8, 4) is 12.1 Å². The molecule has 6 heteroatoms. The first-order valence-electron chi connectivity index (χ1n) is 7.61. The van der Waals surface area contributed by atoms with Crippen LogP contribution in [0.25, 0.3) is 0 Å². The number of pyridine rings is 1. The summed E-state index contributed by atoms with van der Waals surface area (Å²) in [4.78, 5) is 18.9. The lowest BCUT2D eigenvalue weighted by Gasteiger charge is -2.24. The molecular formula is C18H13N5O. The minimum Gasteiger partial charge on any atom is -0.353 e. The zero-order chi connectivity index (χ0) is 16.7. The molecule has 0 aliphatic carbocycles. The average molecular weight is 315 g/mol. The second kappa shape index (κ2) is 5.07. The molecular weight excluding hydrogens is 302 g/mol. The van der Waals surface area contributed by atoms with Crippen LogP contribution in [0, 0.1) is 28.6 Å². The Bertz CT molecular complexity index is 925. The average Bonchev–Trinajstić information content (AvgIpc) is 3.15. The van der Waals surface area contributed by atoms with Crippen LogP contribution < -0.4 is 10.2 Å². The Kier molecular flexibility index (Phi) is 3.01. The van der Waals surface area contributed by atoms with Gasteiger partial charge < -0.3 is 10.2 Å². The number of aromatic nitrogens is 1. The Morgan fingerprint density at radius 2 is 2.08 bits per heavy atom. The number of benzene rings is 1. The van der Waals surface area contributed by atoms with Crippen LogP contribution in [0.2, 0.25) is 0 Å². The topological polar surface area (TPSA) is 92.8 Å². The van der Waals surface area contributed by atoms with Gasteiger partial charge in [-0.15, -0.1) is 0 Å². The first-order chi connectivity index (χ1) is 11.7. The van der Waals surface area contributed by atoms with Gasteiger partial charge in [-0.3, -0.25) is 4.79 Å². The van der Waals surface area contributed by atoms with Crippen LogP contribution in [0.5, 0.6) is 0 Å². The summed E-state index contributed by atoms with van der Waals surface area (Å²) in [6, 6.07) is 15.3. The Hall–Kier alpha value is -3.38. The van der Waals surface area contributed by atoms with Crippen LogP contribution in [0.1, 0.15) is 11.1 Å². The van der Waals surface area contributed by atoms with Crippen LogP contribution in [0.15, 0.2) is 42.6 Å². The van der Waals surface area contributed by atoms with Gasteiger partial charge >= 0.3 is 0 Å². The van der Waals surface area contributed by atoms with Crippen LogP contribution in [-0.4, -0.2) is 24.0 Å². The molecule has 0 unspecified atom stereocenters. The van der Waals surface area contributed by atoms with Gasteiger partial charge in [-0.05, 0) is 23.8 Å². The van der Waals surface area contributed by atoms with Crippen molar-refractivity contribution in [1.29, 1.82) is 10.5 Å². The number of fused-ring (bicyclic) bond motifs is 2. The van der Waals surface area contributed by atoms with Crippen molar-refractivity contribution in [1.82, 2.24) is 4.98 Å². The SMILES string of the molecule is N#Cc1cccnc1N1C[C@H](C#N)[C@]2(C1)C(=O)Nc1ccccc12. The van der Waals surface area contributed by atoms with Gasteiger partial charge in [-0.2, -0.15) is 10.5 Å². The fraction of sp³-hybridized carbons (Fsp3) is 0.222. The van der Waals surface area contributed by atoms with Gasteiger partial charge in [0, 0.05) is 25.0 Å². The van der Waals surface area contributed by atoms with Crippen molar-refractivity contribution in [3.05, 3.63) is 53.7 Å². The standard InChI is InChI=1S/C18H13N5O/c19-8-12-4-3-7-21-16(12)23-10-13(9-20)18(11-23)14-5-1-2-6-15(14)22-17(18)24/h1-7,13H,10-11H2,(H,22,24)/t13-,18-/m0/s1. The van der Waals surface area contributed by atoms with Gasteiger partial charge in [-0.25, -0.2) is 4.98 Å². The number of carbonyl (C=O) groups excluding carboxylic acids is 1. The molecule has 24 heavy (non-hydrogen) atoms. The number of nitrogens with one attached hydrogen (secondary N) is 1. The summed E-state index contributed by atoms with van der Waals surface area (Å²) < 4.78 is 0. The van der Waals surface area contributed by atoms with Crippen LogP contribution >= 0.6 is 0 Å². The van der Waals surface area contributed by atoms with Crippen LogP contribution in [0.4, 0.5) is 11.5 Å². The summed E-state index contributed by atoms with van der Waals surface area (Å²) in [6.45, 7) is 0.698. The molecule has 4 rings (SSSR count). The van der Waals surface area contributed by atoms with E-state index in [9.17, 15) is 15.3 Å². The molecule has 1 amide bonds. The largest absolute Gasteiger partial charge is 0.353 e. The maximum atomic E-state index is 12.8. The van der Waals surface area contributed by atoms with E-state index in [4.69, 9.17) is 0 Å². The van der Waals surface area contributed by atoms with E-state index >= 15 is 0 Å². The highest BCUT2D eigenvalue weighted by atomic mass is 16.2. The molecule has 2 aliphatic heterocycles. The molecule has 116 valence electrons. The van der Waals surface area contributed by atoms with Crippen LogP contribution in [0.3, 0.4) is 0 Å². The molecule has 0 bridgehead atoms. The van der Waals surface area contributed by atoms with Crippen molar-refractivity contribution in [2.24, 2.45) is 5.92 Å². The van der Waals surface area contributed by atoms with E-state index in [0.29, 0.717) is 24.5 Å². The van der Waals surface area contributed by atoms with E-state index < -0.39 is 11.3 Å². The summed E-state index contributed by atoms with van der Waals surface area (Å²) in [5.74, 6) is -0.142. The molecule has 0 radical (unpaired) electrons. The number of rotatable bonds is 1. The summed E-state index contributed by atoms with van der Waals surface area (Å²) in [5.41, 5.74) is 1.12. The van der Waals surface area contributed by atoms with Gasteiger partial charge in [0.15, 0.2) is 0 Å². The fourth-order valence-corrected chi connectivity index (χ4v) is 3.74. The number of nitriles is 2. The zero-order valence-corrected chi connectivity index (χ0v) is 12.7. The van der Waals surface area contributed by atoms with Gasteiger partial charge in [0.1, 0.15) is 17.3 Å². The van der Waals surface area contributed by atoms with Crippen molar-refractivity contribution in [3.63, 3.8) is 0 Å². The number of carbonyl (C=O) groups is 1. The Balaban J connectivity index is 1.83. The molecule has 3 heterocycles. The van der Waals surface area contributed by atoms with E-state index in [1.165, 1.54) is 0 Å². The Labute approximate surface area is 139 Å². The number of hydrogen-bond donors (Lipinski definition) is 1. The third kappa shape index (κ3) is 1.74. The molecule has 0 saturated carbocycles. The number of amides is 1. The molecule has 2 atom stereocenters. The van der Waals surface area contributed by atoms with E-state index in [1.54, 1.807) is 18.3 Å². The van der Waals surface area contributed by atoms with E-state index in [2.05, 4.69) is 22.4 Å². The lowest BCUT2D eigenvalue weighted by Crippen LogP contribution is -2.42. The van der Waals surface area contributed by atoms with E-state index in [1.807, 2.05) is 29.2 Å². The molecule has 2 aliphatic rings. The fourth-order valence-electron chi connectivity index (χ4n) is 3.74. The van der Waals surface area contributed by atoms with Crippen LogP contribution in [-0.2, 0) is 10.2 Å². The van der Waals surface area contributed by atoms with E-state index in [-0.39, 0.29) is 5.91 Å². The first kappa shape index (κ1) is 14.2. The maximum Gasteiger partial charge on any atom is 0.238 e. The molecule has 1 spiro atoms. The minimum absolute atomic E-state index is 0.160. The van der Waals surface area contributed by atoms with Crippen molar-refractivity contribution in [2.75, 3.05) is 23.3 Å². The second-order valence-corrected chi connectivity index (χ2v) is 6.02. The molecule has 1 aromatic heterocycles. The quantitative estimate of drug-likeness (QED) is 0.866. The monoisotopic (exact) mass is 315 g/mol. The maximum absolute atomic E-state index is 12.8. The lowest BCUT2D eigenvalue weighted by atomic mass is 9.74. The predicted octanol–water partition coefficient (Wildman–Crippen LogP) is 1.80. The smallest absolute Gasteiger partial charge is 0.238 e. The summed E-state index contributed by atoms with van der Waals surface area (Å²) in [5, 5.41) is 21.9. The van der Waals surface area contributed by atoms with Gasteiger partial charge in [-0.1, -0.05) is 18.2 Å². The molecule has 1 N–H and O–H groups in total. The second-order valence-electron chi connectivity index (χ2n) is 6.02. The predicted molar refractivity (Wildman–Crippen MR) is 87.0 cm³/mol.